The average molecular weight is 318 g/mol. The Hall–Kier alpha value is -1.96. The van der Waals surface area contributed by atoms with Crippen LogP contribution >= 0.6 is 0 Å². The second-order valence-electron chi connectivity index (χ2n) is 5.09. The number of hydrogen-bond acceptors (Lipinski definition) is 4. The van der Waals surface area contributed by atoms with Crippen LogP contribution in [0.4, 0.5) is 18.9 Å². The molecule has 0 heterocycles. The molecule has 0 aliphatic rings. The van der Waals surface area contributed by atoms with E-state index in [0.717, 1.165) is 27.0 Å². The summed E-state index contributed by atoms with van der Waals surface area (Å²) in [5, 5.41) is 4.65. The molecule has 8 heteroatoms. The molecule has 1 N–H and O–H groups in total. The van der Waals surface area contributed by atoms with Crippen LogP contribution in [0, 0.1) is 16.5 Å². The van der Waals surface area contributed by atoms with Gasteiger partial charge in [-0.3, -0.25) is 4.79 Å². The molecule has 5 nitrogen and oxygen atoms in total. The molecule has 1 rings (SSSR count). The molecule has 0 radical (unpaired) electrons. The van der Waals surface area contributed by atoms with Crippen molar-refractivity contribution in [2.75, 3.05) is 12.4 Å². The predicted molar refractivity (Wildman–Crippen MR) is 75.1 cm³/mol. The molecular formula is C14H17F3N2O3. The third kappa shape index (κ3) is 3.62. The summed E-state index contributed by atoms with van der Waals surface area (Å²) >= 11 is 0. The van der Waals surface area contributed by atoms with Gasteiger partial charge in [0.05, 0.1) is 5.56 Å². The van der Waals surface area contributed by atoms with Crippen LogP contribution in [0.3, 0.4) is 0 Å². The number of nitrogens with zero attached hydrogens (tertiary/aromatic N) is 1. The van der Waals surface area contributed by atoms with Crippen LogP contribution in [-0.2, 0) is 16.0 Å². The van der Waals surface area contributed by atoms with Crippen LogP contribution in [0.5, 0.6) is 0 Å². The number of nitroso groups, excluding NO2 is 1. The molecule has 0 fully saturated rings. The zero-order valence-corrected chi connectivity index (χ0v) is 12.7. The summed E-state index contributed by atoms with van der Waals surface area (Å²) in [5.41, 5.74) is -3.12. The number of carbonyl (C=O) groups is 1. The van der Waals surface area contributed by atoms with Gasteiger partial charge in [0.25, 0.3) is 5.91 Å². The van der Waals surface area contributed by atoms with Crippen LogP contribution in [0.1, 0.15) is 38.1 Å². The van der Waals surface area contributed by atoms with Gasteiger partial charge in [-0.25, -0.2) is 13.2 Å². The molecule has 22 heavy (non-hydrogen) atoms. The molecule has 0 saturated carbocycles. The molecule has 122 valence electrons. The lowest BCUT2D eigenvalue weighted by molar-refractivity contribution is -0.125. The number of nitrogens with one attached hydrogen (secondary N) is 1. The van der Waals surface area contributed by atoms with E-state index in [4.69, 9.17) is 0 Å². The van der Waals surface area contributed by atoms with Crippen molar-refractivity contribution in [2.24, 2.45) is 5.18 Å². The van der Waals surface area contributed by atoms with E-state index in [2.05, 4.69) is 15.2 Å². The van der Waals surface area contributed by atoms with E-state index in [1.807, 2.05) is 0 Å². The lowest BCUT2D eigenvalue weighted by Crippen LogP contribution is -2.33. The molecular weight excluding hydrogens is 301 g/mol. The van der Waals surface area contributed by atoms with Gasteiger partial charge in [-0.15, -0.1) is 4.91 Å². The number of rotatable bonds is 6. The number of amides is 1. The molecule has 1 aromatic carbocycles. The Labute approximate surface area is 125 Å². The Bertz CT molecular complexity index is 586. The lowest BCUT2D eigenvalue weighted by Gasteiger charge is -2.19. The van der Waals surface area contributed by atoms with Gasteiger partial charge in [0, 0.05) is 18.4 Å². The predicted octanol–water partition coefficient (Wildman–Crippen LogP) is 3.63. The number of methoxy groups -OCH3 is 1. The van der Waals surface area contributed by atoms with Crippen molar-refractivity contribution < 1.29 is 22.7 Å². The number of ether oxygens (including phenoxy) is 1. The molecule has 1 aromatic rings. The molecule has 0 saturated heterocycles. The number of anilines is 1. The topological polar surface area (TPSA) is 67.8 Å². The van der Waals surface area contributed by atoms with E-state index in [-0.39, 0.29) is 17.7 Å². The Kier molecular flexibility index (Phi) is 5.65. The van der Waals surface area contributed by atoms with Crippen molar-refractivity contribution in [1.82, 2.24) is 0 Å². The van der Waals surface area contributed by atoms with E-state index >= 15 is 0 Å². The Morgan fingerprint density at radius 1 is 1.45 bits per heavy atom. The van der Waals surface area contributed by atoms with E-state index in [1.54, 1.807) is 6.92 Å². The standard InChI is InChI=1S/C14H17F3N2O3/c1-5-7-9(18-13(20)14(2,3)17)6-8(15)10(11(7)16)12(19-21)22-4/h6,12H,5H2,1-4H3,(H,18,20). The molecule has 0 aliphatic carbocycles. The van der Waals surface area contributed by atoms with Crippen molar-refractivity contribution in [3.63, 3.8) is 0 Å². The van der Waals surface area contributed by atoms with Crippen molar-refractivity contribution in [3.8, 4) is 0 Å². The largest absolute Gasteiger partial charge is 0.352 e. The first-order valence-electron chi connectivity index (χ1n) is 6.53. The highest BCUT2D eigenvalue weighted by molar-refractivity contribution is 5.97. The first-order valence-corrected chi connectivity index (χ1v) is 6.53. The van der Waals surface area contributed by atoms with Crippen LogP contribution in [-0.4, -0.2) is 18.7 Å². The summed E-state index contributed by atoms with van der Waals surface area (Å²) in [6.45, 7) is 3.60. The van der Waals surface area contributed by atoms with Crippen molar-refractivity contribution in [3.05, 3.63) is 33.7 Å². The number of hydrogen-bond donors (Lipinski definition) is 1. The van der Waals surface area contributed by atoms with Gasteiger partial charge in [0.1, 0.15) is 11.6 Å². The highest BCUT2D eigenvalue weighted by Crippen LogP contribution is 2.32. The third-order valence-corrected chi connectivity index (χ3v) is 3.06. The Morgan fingerprint density at radius 2 is 2.05 bits per heavy atom. The van der Waals surface area contributed by atoms with E-state index < -0.39 is 35.0 Å². The molecule has 0 spiro atoms. The lowest BCUT2D eigenvalue weighted by atomic mass is 10.0. The number of halogens is 3. The maximum absolute atomic E-state index is 14.4. The number of benzene rings is 1. The van der Waals surface area contributed by atoms with E-state index in [9.17, 15) is 22.9 Å². The van der Waals surface area contributed by atoms with Gasteiger partial charge in [0.2, 0.25) is 6.23 Å². The fourth-order valence-electron chi connectivity index (χ4n) is 1.85. The third-order valence-electron chi connectivity index (χ3n) is 3.06. The highest BCUT2D eigenvalue weighted by Gasteiger charge is 2.30. The minimum atomic E-state index is -2.21. The zero-order valence-electron chi connectivity index (χ0n) is 12.7. The van der Waals surface area contributed by atoms with Crippen molar-refractivity contribution >= 4 is 11.6 Å². The van der Waals surface area contributed by atoms with Crippen LogP contribution < -0.4 is 5.32 Å². The smallest absolute Gasteiger partial charge is 0.261 e. The maximum Gasteiger partial charge on any atom is 0.261 e. The quantitative estimate of drug-likeness (QED) is 0.815. The maximum atomic E-state index is 14.4. The van der Waals surface area contributed by atoms with Gasteiger partial charge in [-0.1, -0.05) is 6.92 Å². The average Bonchev–Trinajstić information content (AvgIpc) is 2.42. The van der Waals surface area contributed by atoms with E-state index in [1.165, 1.54) is 0 Å². The summed E-state index contributed by atoms with van der Waals surface area (Å²) in [7, 11) is 1.08. The monoisotopic (exact) mass is 318 g/mol. The minimum Gasteiger partial charge on any atom is -0.352 e. The van der Waals surface area contributed by atoms with Gasteiger partial charge in [-0.05, 0) is 31.5 Å². The fourth-order valence-corrected chi connectivity index (χ4v) is 1.85. The normalized spacial score (nSPS) is 12.9. The van der Waals surface area contributed by atoms with E-state index in [0.29, 0.717) is 0 Å². The van der Waals surface area contributed by atoms with Crippen molar-refractivity contribution in [2.45, 2.75) is 39.1 Å². The summed E-state index contributed by atoms with van der Waals surface area (Å²) in [4.78, 5) is 22.2. The van der Waals surface area contributed by atoms with Crippen LogP contribution in [0.15, 0.2) is 11.2 Å². The molecule has 1 amide bonds. The summed E-state index contributed by atoms with van der Waals surface area (Å²) in [5.74, 6) is -3.21. The SMILES string of the molecule is CCc1c(NC(=O)C(C)(C)F)cc(F)c(C(N=O)OC)c1F. The van der Waals surface area contributed by atoms with Crippen LogP contribution in [0.2, 0.25) is 0 Å². The van der Waals surface area contributed by atoms with Gasteiger partial charge >= 0.3 is 0 Å². The highest BCUT2D eigenvalue weighted by atomic mass is 19.1. The van der Waals surface area contributed by atoms with Crippen molar-refractivity contribution in [1.29, 1.82) is 0 Å². The molecule has 1 atom stereocenters. The minimum absolute atomic E-state index is 0.0697. The summed E-state index contributed by atoms with van der Waals surface area (Å²) < 4.78 is 46.6. The molecule has 1 unspecified atom stereocenters. The Morgan fingerprint density at radius 3 is 2.45 bits per heavy atom. The molecule has 0 aromatic heterocycles. The molecule has 0 aliphatic heterocycles. The number of alkyl halides is 1. The van der Waals surface area contributed by atoms with Gasteiger partial charge in [0.15, 0.2) is 5.67 Å². The van der Waals surface area contributed by atoms with Gasteiger partial charge < -0.3 is 10.1 Å². The summed E-state index contributed by atoms with van der Waals surface area (Å²) in [6, 6.07) is 0.818. The fraction of sp³-hybridized carbons (Fsp3) is 0.500. The zero-order chi connectivity index (χ0) is 17.1. The van der Waals surface area contributed by atoms with Crippen LogP contribution in [0.25, 0.3) is 0 Å². The summed E-state index contributed by atoms with van der Waals surface area (Å²) in [6.07, 6.45) is -1.57. The molecule has 0 bridgehead atoms. The second-order valence-corrected chi connectivity index (χ2v) is 5.09. The van der Waals surface area contributed by atoms with Gasteiger partial charge in [-0.2, -0.15) is 0 Å². The first kappa shape index (κ1) is 18.1. The Balaban J connectivity index is 3.39. The number of carbonyl (C=O) groups excluding carboxylic acids is 1. The first-order chi connectivity index (χ1) is 10.2. The second kappa shape index (κ2) is 6.87.